The Morgan fingerprint density at radius 3 is 2.57 bits per heavy atom. The zero-order valence-electron chi connectivity index (χ0n) is 4.98. The molecule has 0 aromatic carbocycles. The summed E-state index contributed by atoms with van der Waals surface area (Å²) in [7, 11) is 0. The van der Waals surface area contributed by atoms with Crippen LogP contribution in [0, 0.1) is 19.8 Å². The molecule has 0 spiro atoms. The molecule has 0 unspecified atom stereocenters. The normalized spacial score (nSPS) is 9.43. The summed E-state index contributed by atoms with van der Waals surface area (Å²) in [5.41, 5.74) is 0. The van der Waals surface area contributed by atoms with Gasteiger partial charge in [0.25, 0.3) is 0 Å². The molecule has 0 heterocycles. The summed E-state index contributed by atoms with van der Waals surface area (Å²) in [5.74, 6) is 0. The van der Waals surface area contributed by atoms with Crippen molar-refractivity contribution in [3.63, 3.8) is 0 Å². The molecular weight excluding hydrogens is 84.1 g/mol. The summed E-state index contributed by atoms with van der Waals surface area (Å²) in [5, 5.41) is 0. The van der Waals surface area contributed by atoms with Gasteiger partial charge >= 0.3 is 0 Å². The lowest BCUT2D eigenvalue weighted by Gasteiger charge is -1.89. The Morgan fingerprint density at radius 1 is 1.43 bits per heavy atom. The Balaban J connectivity index is 2.45. The average Bonchev–Trinajstić information content (AvgIpc) is 1.69. The zero-order chi connectivity index (χ0) is 5.54. The highest BCUT2D eigenvalue weighted by Gasteiger charge is 1.81. The highest BCUT2D eigenvalue weighted by Crippen LogP contribution is 1.96. The molecule has 0 N–H and O–H groups in total. The average molecular weight is 97.2 g/mol. The van der Waals surface area contributed by atoms with Crippen molar-refractivity contribution in [1.82, 2.24) is 0 Å². The van der Waals surface area contributed by atoms with Gasteiger partial charge in [0.05, 0.1) is 0 Å². The summed E-state index contributed by atoms with van der Waals surface area (Å²) in [6, 6.07) is 0. The lowest BCUT2D eigenvalue weighted by molar-refractivity contribution is 0.942. The van der Waals surface area contributed by atoms with Crippen molar-refractivity contribution in [2.24, 2.45) is 0 Å². The summed E-state index contributed by atoms with van der Waals surface area (Å²) < 4.78 is 0. The molecule has 0 rings (SSSR count). The third-order valence-electron chi connectivity index (χ3n) is 0.773. The molecule has 0 bridgehead atoms. The fourth-order valence-corrected chi connectivity index (χ4v) is 0.402. The van der Waals surface area contributed by atoms with Crippen LogP contribution in [0.4, 0.5) is 0 Å². The van der Waals surface area contributed by atoms with Crippen LogP contribution in [-0.2, 0) is 0 Å². The first-order valence-corrected chi connectivity index (χ1v) is 2.86. The molecule has 41 valence electrons. The van der Waals surface area contributed by atoms with Crippen molar-refractivity contribution in [3.8, 4) is 0 Å². The number of hydrogen-bond acceptors (Lipinski definition) is 0. The van der Waals surface area contributed by atoms with Gasteiger partial charge in [-0.1, -0.05) is 26.7 Å². The molecule has 0 amide bonds. The molecule has 0 aliphatic carbocycles. The first-order chi connectivity index (χ1) is 3.41. The molecule has 0 saturated heterocycles. The van der Waals surface area contributed by atoms with Crippen LogP contribution in [0.5, 0.6) is 0 Å². The first kappa shape index (κ1) is 7.00. The number of unbranched alkanes of at least 4 members (excludes halogenated alkanes) is 4. The van der Waals surface area contributed by atoms with E-state index in [1.54, 1.807) is 0 Å². The highest BCUT2D eigenvalue weighted by atomic mass is 13.9. The molecule has 0 aromatic rings. The minimum absolute atomic E-state index is 1.02. The van der Waals surface area contributed by atoms with E-state index in [9.17, 15) is 0 Å². The van der Waals surface area contributed by atoms with E-state index in [0.717, 1.165) is 19.3 Å². The maximum Gasteiger partial charge on any atom is -0.0352 e. The zero-order valence-corrected chi connectivity index (χ0v) is 4.98. The molecule has 0 heteroatoms. The molecule has 7 heavy (non-hydrogen) atoms. The van der Waals surface area contributed by atoms with Gasteiger partial charge in [0.1, 0.15) is 0 Å². The van der Waals surface area contributed by atoms with Crippen LogP contribution in [0.1, 0.15) is 26.2 Å². The van der Waals surface area contributed by atoms with E-state index in [1.165, 1.54) is 0 Å². The molecule has 0 aromatic heterocycles. The summed E-state index contributed by atoms with van der Waals surface area (Å²) in [4.78, 5) is 0. The maximum absolute atomic E-state index is 3.71. The molecule has 0 nitrogen and oxygen atoms in total. The van der Waals surface area contributed by atoms with E-state index in [-0.39, 0.29) is 0 Å². The van der Waals surface area contributed by atoms with Crippen molar-refractivity contribution in [2.75, 3.05) is 0 Å². The second-order valence-electron chi connectivity index (χ2n) is 1.52. The van der Waals surface area contributed by atoms with Crippen molar-refractivity contribution in [3.05, 3.63) is 19.8 Å². The van der Waals surface area contributed by atoms with Crippen LogP contribution in [0.2, 0.25) is 0 Å². The minimum atomic E-state index is 1.02. The van der Waals surface area contributed by atoms with Crippen LogP contribution in [0.25, 0.3) is 0 Å². The van der Waals surface area contributed by atoms with Gasteiger partial charge in [-0.3, -0.25) is 0 Å². The molecule has 0 fully saturated rings. The molecular formula is C7H13. The second kappa shape index (κ2) is 6.00. The van der Waals surface area contributed by atoms with Gasteiger partial charge in [-0.25, -0.2) is 0 Å². The standard InChI is InChI=1S/C7H13/c1-3-5-7-6-4-2/h6-7H,1,3-5H2,2H3. The Hall–Kier alpha value is 0. The van der Waals surface area contributed by atoms with Gasteiger partial charge in [0.15, 0.2) is 0 Å². The SMILES string of the molecule is [CH2]CC[CH][CH]CC. The topological polar surface area (TPSA) is 0 Å². The van der Waals surface area contributed by atoms with Crippen LogP contribution >= 0.6 is 0 Å². The van der Waals surface area contributed by atoms with Gasteiger partial charge in [-0.15, -0.1) is 0 Å². The molecule has 0 saturated carbocycles. The van der Waals surface area contributed by atoms with Crippen molar-refractivity contribution in [2.45, 2.75) is 26.2 Å². The number of hydrogen-bond donors (Lipinski definition) is 0. The quantitative estimate of drug-likeness (QED) is 0.472. The minimum Gasteiger partial charge on any atom is -0.0651 e. The number of rotatable bonds is 4. The lowest BCUT2D eigenvalue weighted by atomic mass is 10.2. The van der Waals surface area contributed by atoms with Crippen LogP contribution in [-0.4, -0.2) is 0 Å². The van der Waals surface area contributed by atoms with Gasteiger partial charge in [-0.05, 0) is 19.3 Å². The smallest absolute Gasteiger partial charge is 0.0352 e. The van der Waals surface area contributed by atoms with Gasteiger partial charge in [0.2, 0.25) is 0 Å². The Bertz CT molecular complexity index is 19.2. The van der Waals surface area contributed by atoms with E-state index >= 15 is 0 Å². The largest absolute Gasteiger partial charge is 0.0651 e. The van der Waals surface area contributed by atoms with Gasteiger partial charge in [-0.2, -0.15) is 0 Å². The van der Waals surface area contributed by atoms with E-state index in [4.69, 9.17) is 0 Å². The summed E-state index contributed by atoms with van der Waals surface area (Å²) in [6.07, 6.45) is 7.66. The summed E-state index contributed by atoms with van der Waals surface area (Å²) >= 11 is 0. The van der Waals surface area contributed by atoms with Crippen molar-refractivity contribution in [1.29, 1.82) is 0 Å². The van der Waals surface area contributed by atoms with E-state index in [1.807, 2.05) is 0 Å². The molecule has 0 aliphatic rings. The second-order valence-corrected chi connectivity index (χ2v) is 1.52. The van der Waals surface area contributed by atoms with Crippen LogP contribution < -0.4 is 0 Å². The van der Waals surface area contributed by atoms with E-state index in [2.05, 4.69) is 26.7 Å². The van der Waals surface area contributed by atoms with Crippen molar-refractivity contribution >= 4 is 0 Å². The molecule has 0 atom stereocenters. The lowest BCUT2D eigenvalue weighted by Crippen LogP contribution is -1.73. The monoisotopic (exact) mass is 97.1 g/mol. The fourth-order valence-electron chi connectivity index (χ4n) is 0.402. The fraction of sp³-hybridized carbons (Fsp3) is 0.571. The third kappa shape index (κ3) is 6.00. The van der Waals surface area contributed by atoms with Crippen LogP contribution in [0.3, 0.4) is 0 Å². The Morgan fingerprint density at radius 2 is 2.14 bits per heavy atom. The van der Waals surface area contributed by atoms with Crippen LogP contribution in [0.15, 0.2) is 0 Å². The first-order valence-electron chi connectivity index (χ1n) is 2.86. The molecule has 3 radical (unpaired) electrons. The van der Waals surface area contributed by atoms with Crippen molar-refractivity contribution < 1.29 is 0 Å². The Labute approximate surface area is 46.9 Å². The Kier molecular flexibility index (Phi) is 6.00. The predicted molar refractivity (Wildman–Crippen MR) is 33.5 cm³/mol. The predicted octanol–water partition coefficient (Wildman–Crippen LogP) is 2.42. The maximum atomic E-state index is 3.71. The van der Waals surface area contributed by atoms with E-state index < -0.39 is 0 Å². The van der Waals surface area contributed by atoms with Gasteiger partial charge < -0.3 is 0 Å². The highest BCUT2D eigenvalue weighted by molar-refractivity contribution is 4.81. The van der Waals surface area contributed by atoms with Gasteiger partial charge in [0, 0.05) is 0 Å². The molecule has 0 aliphatic heterocycles. The summed E-state index contributed by atoms with van der Waals surface area (Å²) in [6.45, 7) is 5.84. The van der Waals surface area contributed by atoms with E-state index in [0.29, 0.717) is 0 Å². The third-order valence-corrected chi connectivity index (χ3v) is 0.773.